The minimum Gasteiger partial charge on any atom is -0.338 e. The summed E-state index contributed by atoms with van der Waals surface area (Å²) in [5.41, 5.74) is 4.05. The minimum absolute atomic E-state index is 0.0617. The van der Waals surface area contributed by atoms with Crippen molar-refractivity contribution in [1.82, 2.24) is 15.6 Å². The molecule has 1 aromatic heterocycles. The van der Waals surface area contributed by atoms with Gasteiger partial charge in [0.2, 0.25) is 0 Å². The number of rotatable bonds is 5. The molecule has 2 aliphatic carbocycles. The van der Waals surface area contributed by atoms with Gasteiger partial charge < -0.3 is 10.6 Å². The summed E-state index contributed by atoms with van der Waals surface area (Å²) in [6, 6.07) is 8.67. The van der Waals surface area contributed by atoms with Crippen LogP contribution >= 0.6 is 11.3 Å². The summed E-state index contributed by atoms with van der Waals surface area (Å²) in [7, 11) is 0. The number of fused-ring (bicyclic) bond motifs is 3. The summed E-state index contributed by atoms with van der Waals surface area (Å²) in [4.78, 5) is 16.5. The fourth-order valence-corrected chi connectivity index (χ4v) is 4.82. The van der Waals surface area contributed by atoms with E-state index in [0.29, 0.717) is 18.4 Å². The highest BCUT2D eigenvalue weighted by Crippen LogP contribution is 2.60. The lowest BCUT2D eigenvalue weighted by Gasteiger charge is -2.12. The molecule has 4 nitrogen and oxygen atoms in total. The topological polar surface area (TPSA) is 54.0 Å². The van der Waals surface area contributed by atoms with Gasteiger partial charge in [-0.1, -0.05) is 31.2 Å². The molecule has 0 saturated heterocycles. The first kappa shape index (κ1) is 15.6. The van der Waals surface area contributed by atoms with Gasteiger partial charge in [0, 0.05) is 30.1 Å². The SMILES string of the molecule is Cc1csc([C@H](C)CNC(=O)NC[C@@H]2[C@@H]3Cc4ccccc4[C@@H]23)n1. The average molecular weight is 341 g/mol. The van der Waals surface area contributed by atoms with Crippen LogP contribution in [0.15, 0.2) is 29.6 Å². The van der Waals surface area contributed by atoms with Gasteiger partial charge in [0.1, 0.15) is 0 Å². The predicted octanol–water partition coefficient (Wildman–Crippen LogP) is 3.44. The molecule has 24 heavy (non-hydrogen) atoms. The van der Waals surface area contributed by atoms with Crippen LogP contribution in [0.4, 0.5) is 4.79 Å². The highest BCUT2D eigenvalue weighted by atomic mass is 32.1. The maximum atomic E-state index is 12.0. The smallest absolute Gasteiger partial charge is 0.314 e. The van der Waals surface area contributed by atoms with Crippen molar-refractivity contribution in [1.29, 1.82) is 0 Å². The van der Waals surface area contributed by atoms with E-state index in [1.165, 1.54) is 17.5 Å². The molecule has 0 spiro atoms. The molecule has 1 aromatic carbocycles. The Labute approximate surface area is 146 Å². The van der Waals surface area contributed by atoms with Gasteiger partial charge in [-0.05, 0) is 42.2 Å². The number of hydrogen-bond acceptors (Lipinski definition) is 3. The standard InChI is InChI=1S/C19H23N3OS/c1-11(18-22-12(2)10-24-18)8-20-19(23)21-9-16-15-7-13-5-3-4-6-14(13)17(15)16/h3-6,10-11,15-17H,7-9H2,1-2H3,(H2,20,21,23)/t11-,15+,16-,17-/m1/s1. The molecule has 5 heteroatoms. The van der Waals surface area contributed by atoms with Gasteiger partial charge in [-0.2, -0.15) is 0 Å². The van der Waals surface area contributed by atoms with Crippen molar-refractivity contribution in [2.45, 2.75) is 32.1 Å². The summed E-state index contributed by atoms with van der Waals surface area (Å²) in [6.07, 6.45) is 1.18. The Bertz CT molecular complexity index is 757. The van der Waals surface area contributed by atoms with Crippen molar-refractivity contribution in [3.63, 3.8) is 0 Å². The van der Waals surface area contributed by atoms with E-state index in [-0.39, 0.29) is 11.9 Å². The summed E-state index contributed by atoms with van der Waals surface area (Å²) < 4.78 is 0. The lowest BCUT2D eigenvalue weighted by molar-refractivity contribution is 0.239. The van der Waals surface area contributed by atoms with Crippen LogP contribution in [0, 0.1) is 18.8 Å². The quantitative estimate of drug-likeness (QED) is 0.875. The van der Waals surface area contributed by atoms with Gasteiger partial charge >= 0.3 is 6.03 Å². The van der Waals surface area contributed by atoms with Crippen LogP contribution in [0.2, 0.25) is 0 Å². The molecule has 1 fully saturated rings. The van der Waals surface area contributed by atoms with Crippen LogP contribution < -0.4 is 10.6 Å². The summed E-state index contributed by atoms with van der Waals surface area (Å²) in [6.45, 7) is 5.50. The molecule has 0 radical (unpaired) electrons. The van der Waals surface area contributed by atoms with Gasteiger partial charge in [0.05, 0.1) is 5.01 Å². The molecular formula is C19H23N3OS. The van der Waals surface area contributed by atoms with E-state index in [4.69, 9.17) is 0 Å². The Morgan fingerprint density at radius 1 is 1.38 bits per heavy atom. The van der Waals surface area contributed by atoms with Crippen LogP contribution in [0.3, 0.4) is 0 Å². The first-order valence-electron chi connectivity index (χ1n) is 8.65. The van der Waals surface area contributed by atoms with Gasteiger partial charge in [0.25, 0.3) is 0 Å². The Morgan fingerprint density at radius 2 is 2.21 bits per heavy atom. The van der Waals surface area contributed by atoms with Crippen molar-refractivity contribution in [2.75, 3.05) is 13.1 Å². The maximum absolute atomic E-state index is 12.0. The van der Waals surface area contributed by atoms with E-state index < -0.39 is 0 Å². The molecule has 2 aliphatic rings. The van der Waals surface area contributed by atoms with E-state index in [1.807, 2.05) is 6.92 Å². The molecule has 2 aromatic rings. The molecule has 2 N–H and O–H groups in total. The van der Waals surface area contributed by atoms with Gasteiger partial charge in [-0.15, -0.1) is 11.3 Å². The number of urea groups is 1. The number of carbonyl (C=O) groups excluding carboxylic acids is 1. The third kappa shape index (κ3) is 2.93. The normalized spacial score (nSPS) is 24.8. The number of aryl methyl sites for hydroxylation is 1. The summed E-state index contributed by atoms with van der Waals surface area (Å²) in [5.74, 6) is 2.27. The number of thiazole rings is 1. The fraction of sp³-hybridized carbons (Fsp3) is 0.474. The molecular weight excluding hydrogens is 318 g/mol. The number of carbonyl (C=O) groups is 1. The second-order valence-electron chi connectivity index (χ2n) is 7.08. The molecule has 126 valence electrons. The molecule has 0 aliphatic heterocycles. The highest BCUT2D eigenvalue weighted by molar-refractivity contribution is 7.09. The van der Waals surface area contributed by atoms with Gasteiger partial charge in [-0.25, -0.2) is 9.78 Å². The number of nitrogens with one attached hydrogen (secondary N) is 2. The highest BCUT2D eigenvalue weighted by Gasteiger charge is 2.54. The largest absolute Gasteiger partial charge is 0.338 e. The molecule has 2 amide bonds. The lowest BCUT2D eigenvalue weighted by Crippen LogP contribution is -2.38. The minimum atomic E-state index is -0.0617. The molecule has 1 saturated carbocycles. The lowest BCUT2D eigenvalue weighted by atomic mass is 10.0. The van der Waals surface area contributed by atoms with Crippen molar-refractivity contribution in [3.05, 3.63) is 51.5 Å². The van der Waals surface area contributed by atoms with E-state index in [9.17, 15) is 4.79 Å². The zero-order chi connectivity index (χ0) is 16.7. The Kier molecular flexibility index (Phi) is 4.04. The predicted molar refractivity (Wildman–Crippen MR) is 96.5 cm³/mol. The van der Waals surface area contributed by atoms with Crippen LogP contribution in [-0.4, -0.2) is 24.1 Å². The zero-order valence-corrected chi connectivity index (χ0v) is 14.9. The average Bonchev–Trinajstić information content (AvgIpc) is 2.92. The maximum Gasteiger partial charge on any atom is 0.314 e. The Morgan fingerprint density at radius 3 is 3.00 bits per heavy atom. The number of aromatic nitrogens is 1. The molecule has 0 unspecified atom stereocenters. The molecule has 4 rings (SSSR count). The van der Waals surface area contributed by atoms with Gasteiger partial charge in [0.15, 0.2) is 0 Å². The number of amides is 2. The van der Waals surface area contributed by atoms with Crippen LogP contribution in [0.1, 0.15) is 40.6 Å². The molecule has 0 bridgehead atoms. The number of hydrogen-bond donors (Lipinski definition) is 2. The Balaban J connectivity index is 1.21. The third-order valence-corrected chi connectivity index (χ3v) is 6.52. The first-order valence-corrected chi connectivity index (χ1v) is 9.53. The van der Waals surface area contributed by atoms with Crippen LogP contribution in [0.25, 0.3) is 0 Å². The van der Waals surface area contributed by atoms with Gasteiger partial charge in [-0.3, -0.25) is 0 Å². The Hall–Kier alpha value is -1.88. The third-order valence-electron chi connectivity index (χ3n) is 5.33. The monoisotopic (exact) mass is 341 g/mol. The van der Waals surface area contributed by atoms with Crippen molar-refractivity contribution in [3.8, 4) is 0 Å². The van der Waals surface area contributed by atoms with E-state index in [2.05, 4.69) is 52.2 Å². The molecule has 1 heterocycles. The summed E-state index contributed by atoms with van der Waals surface area (Å²) in [5, 5.41) is 9.16. The second-order valence-corrected chi connectivity index (χ2v) is 7.97. The van der Waals surface area contributed by atoms with E-state index >= 15 is 0 Å². The van der Waals surface area contributed by atoms with E-state index in [0.717, 1.165) is 23.2 Å². The van der Waals surface area contributed by atoms with Crippen molar-refractivity contribution in [2.24, 2.45) is 11.8 Å². The van der Waals surface area contributed by atoms with Crippen molar-refractivity contribution >= 4 is 17.4 Å². The van der Waals surface area contributed by atoms with E-state index in [1.54, 1.807) is 11.3 Å². The molecule has 4 atom stereocenters. The fourth-order valence-electron chi connectivity index (χ4n) is 3.97. The summed E-state index contributed by atoms with van der Waals surface area (Å²) >= 11 is 1.66. The zero-order valence-electron chi connectivity index (χ0n) is 14.1. The van der Waals surface area contributed by atoms with Crippen LogP contribution in [-0.2, 0) is 6.42 Å². The van der Waals surface area contributed by atoms with Crippen molar-refractivity contribution < 1.29 is 4.79 Å². The van der Waals surface area contributed by atoms with Crippen LogP contribution in [0.5, 0.6) is 0 Å². The number of benzene rings is 1. The number of nitrogens with zero attached hydrogens (tertiary/aromatic N) is 1. The second kappa shape index (κ2) is 6.20. The first-order chi connectivity index (χ1) is 11.6.